The lowest BCUT2D eigenvalue weighted by Gasteiger charge is -2.04. The number of hydrazine groups is 1. The Kier molecular flexibility index (Phi) is 5.52. The van der Waals surface area contributed by atoms with Gasteiger partial charge in [-0.25, -0.2) is 4.79 Å². The Bertz CT molecular complexity index is 333. The molecule has 0 heterocycles. The van der Waals surface area contributed by atoms with Gasteiger partial charge in [0.1, 0.15) is 0 Å². The van der Waals surface area contributed by atoms with Crippen LogP contribution in [0, 0.1) is 0 Å². The lowest BCUT2D eigenvalue weighted by Crippen LogP contribution is -2.08. The summed E-state index contributed by atoms with van der Waals surface area (Å²) in [6, 6.07) is 5.02. The molecular formula is C8H10BrClN2O2. The van der Waals surface area contributed by atoms with Crippen LogP contribution in [-0.2, 0) is 4.74 Å². The number of ether oxygens (including phenoxy) is 1. The average Bonchev–Trinajstić information content (AvgIpc) is 2.15. The molecule has 0 amide bonds. The van der Waals surface area contributed by atoms with E-state index in [9.17, 15) is 4.79 Å². The quantitative estimate of drug-likeness (QED) is 0.494. The van der Waals surface area contributed by atoms with Gasteiger partial charge in [0.15, 0.2) is 0 Å². The molecule has 6 heteroatoms. The highest BCUT2D eigenvalue weighted by atomic mass is 79.9. The van der Waals surface area contributed by atoms with Crippen LogP contribution < -0.4 is 11.3 Å². The van der Waals surface area contributed by atoms with E-state index in [0.29, 0.717) is 11.3 Å². The standard InChI is InChI=1S/C8H9BrN2O2.ClH/c1-13-8(12)5-2-6(9)4-7(3-5)11-10;/h2-4,11H,10H2,1H3;1H. The maximum absolute atomic E-state index is 11.1. The van der Waals surface area contributed by atoms with Crippen LogP contribution in [0.2, 0.25) is 0 Å². The Morgan fingerprint density at radius 2 is 2.14 bits per heavy atom. The molecule has 1 aromatic rings. The third-order valence-corrected chi connectivity index (χ3v) is 1.94. The Morgan fingerprint density at radius 3 is 2.64 bits per heavy atom. The number of halogens is 2. The van der Waals surface area contributed by atoms with E-state index in [1.165, 1.54) is 7.11 Å². The predicted octanol–water partition coefficient (Wildman–Crippen LogP) is 1.94. The third kappa shape index (κ3) is 3.17. The predicted molar refractivity (Wildman–Crippen MR) is 60.5 cm³/mol. The van der Waals surface area contributed by atoms with Crippen LogP contribution in [0.25, 0.3) is 0 Å². The summed E-state index contributed by atoms with van der Waals surface area (Å²) in [5, 5.41) is 0. The molecule has 4 nitrogen and oxygen atoms in total. The molecule has 0 aliphatic heterocycles. The normalized spacial score (nSPS) is 8.79. The zero-order chi connectivity index (χ0) is 9.84. The second-order valence-electron chi connectivity index (χ2n) is 2.36. The van der Waals surface area contributed by atoms with E-state index >= 15 is 0 Å². The molecule has 14 heavy (non-hydrogen) atoms. The molecule has 1 aromatic carbocycles. The maximum Gasteiger partial charge on any atom is 0.337 e. The van der Waals surface area contributed by atoms with Crippen LogP contribution in [0.4, 0.5) is 5.69 Å². The van der Waals surface area contributed by atoms with Crippen molar-refractivity contribution in [1.82, 2.24) is 0 Å². The summed E-state index contributed by atoms with van der Waals surface area (Å²) < 4.78 is 5.33. The Morgan fingerprint density at radius 1 is 1.50 bits per heavy atom. The van der Waals surface area contributed by atoms with Crippen molar-refractivity contribution < 1.29 is 9.53 Å². The molecule has 0 saturated carbocycles. The molecule has 78 valence electrons. The molecule has 0 radical (unpaired) electrons. The summed E-state index contributed by atoms with van der Waals surface area (Å²) in [7, 11) is 1.33. The number of carbonyl (C=O) groups is 1. The smallest absolute Gasteiger partial charge is 0.337 e. The molecule has 3 N–H and O–H groups in total. The van der Waals surface area contributed by atoms with Crippen LogP contribution in [0.3, 0.4) is 0 Å². The number of carbonyl (C=O) groups excluding carboxylic acids is 1. The van der Waals surface area contributed by atoms with Crippen LogP contribution in [0.15, 0.2) is 22.7 Å². The van der Waals surface area contributed by atoms with Crippen molar-refractivity contribution in [2.24, 2.45) is 5.84 Å². The molecule has 0 spiro atoms. The first kappa shape index (κ1) is 13.2. The van der Waals surface area contributed by atoms with Crippen molar-refractivity contribution >= 4 is 40.0 Å². The zero-order valence-electron chi connectivity index (χ0n) is 7.41. The summed E-state index contributed by atoms with van der Waals surface area (Å²) in [6.07, 6.45) is 0. The second kappa shape index (κ2) is 5.85. The molecule has 0 unspecified atom stereocenters. The third-order valence-electron chi connectivity index (χ3n) is 1.49. The van der Waals surface area contributed by atoms with Crippen molar-refractivity contribution in [1.29, 1.82) is 0 Å². The number of benzene rings is 1. The van der Waals surface area contributed by atoms with Gasteiger partial charge in [-0.15, -0.1) is 12.4 Å². The van der Waals surface area contributed by atoms with E-state index in [-0.39, 0.29) is 12.4 Å². The summed E-state index contributed by atoms with van der Waals surface area (Å²) in [4.78, 5) is 11.1. The van der Waals surface area contributed by atoms with E-state index in [1.807, 2.05) is 0 Å². The van der Waals surface area contributed by atoms with Crippen molar-refractivity contribution in [2.75, 3.05) is 12.5 Å². The number of nitrogens with one attached hydrogen (secondary N) is 1. The first-order chi connectivity index (χ1) is 6.17. The van der Waals surface area contributed by atoms with Crippen LogP contribution >= 0.6 is 28.3 Å². The minimum Gasteiger partial charge on any atom is -0.465 e. The number of nitrogens with two attached hydrogens (primary N) is 1. The number of nitrogen functional groups attached to an aromatic ring is 1. The maximum atomic E-state index is 11.1. The molecule has 1 rings (SSSR count). The highest BCUT2D eigenvalue weighted by Crippen LogP contribution is 2.19. The van der Waals surface area contributed by atoms with Gasteiger partial charge < -0.3 is 10.2 Å². The molecule has 0 aromatic heterocycles. The molecule has 0 fully saturated rings. The SMILES string of the molecule is COC(=O)c1cc(Br)cc(NN)c1.Cl. The molecule has 0 aliphatic rings. The second-order valence-corrected chi connectivity index (χ2v) is 3.28. The van der Waals surface area contributed by atoms with Gasteiger partial charge >= 0.3 is 5.97 Å². The molecule has 0 saturated heterocycles. The summed E-state index contributed by atoms with van der Waals surface area (Å²) in [5.74, 6) is 4.82. The Hall–Kier alpha value is -0.780. The monoisotopic (exact) mass is 280 g/mol. The lowest BCUT2D eigenvalue weighted by atomic mass is 10.2. The van der Waals surface area contributed by atoms with Gasteiger partial charge in [0.05, 0.1) is 18.4 Å². The summed E-state index contributed by atoms with van der Waals surface area (Å²) >= 11 is 3.25. The van der Waals surface area contributed by atoms with Crippen molar-refractivity contribution in [3.05, 3.63) is 28.2 Å². The minimum absolute atomic E-state index is 0. The number of hydrogen-bond acceptors (Lipinski definition) is 4. The topological polar surface area (TPSA) is 64.3 Å². The zero-order valence-corrected chi connectivity index (χ0v) is 9.81. The molecule has 0 bridgehead atoms. The summed E-state index contributed by atoms with van der Waals surface area (Å²) in [6.45, 7) is 0. The van der Waals surface area contributed by atoms with E-state index in [2.05, 4.69) is 26.1 Å². The Labute approximate surface area is 96.3 Å². The average molecular weight is 282 g/mol. The van der Waals surface area contributed by atoms with E-state index in [4.69, 9.17) is 5.84 Å². The van der Waals surface area contributed by atoms with Crippen molar-refractivity contribution in [2.45, 2.75) is 0 Å². The first-order valence-corrected chi connectivity index (χ1v) is 4.32. The van der Waals surface area contributed by atoms with Crippen molar-refractivity contribution in [3.63, 3.8) is 0 Å². The fourth-order valence-electron chi connectivity index (χ4n) is 0.909. The van der Waals surface area contributed by atoms with Gasteiger partial charge in [-0.2, -0.15) is 0 Å². The number of hydrogen-bond donors (Lipinski definition) is 2. The molecule has 0 atom stereocenters. The Balaban J connectivity index is 0.00000169. The van der Waals surface area contributed by atoms with Crippen molar-refractivity contribution in [3.8, 4) is 0 Å². The van der Waals surface area contributed by atoms with E-state index < -0.39 is 5.97 Å². The number of esters is 1. The van der Waals surface area contributed by atoms with Gasteiger partial charge in [0, 0.05) is 4.47 Å². The van der Waals surface area contributed by atoms with Crippen LogP contribution in [0.1, 0.15) is 10.4 Å². The fourth-order valence-corrected chi connectivity index (χ4v) is 1.40. The van der Waals surface area contributed by atoms with Gasteiger partial charge in [-0.05, 0) is 18.2 Å². The minimum atomic E-state index is -0.391. The molecular weight excluding hydrogens is 271 g/mol. The molecule has 0 aliphatic carbocycles. The highest BCUT2D eigenvalue weighted by Gasteiger charge is 2.06. The van der Waals surface area contributed by atoms with Gasteiger partial charge in [0.2, 0.25) is 0 Å². The van der Waals surface area contributed by atoms with Crippen LogP contribution in [-0.4, -0.2) is 13.1 Å². The number of anilines is 1. The first-order valence-electron chi connectivity index (χ1n) is 3.53. The van der Waals surface area contributed by atoms with Crippen LogP contribution in [0.5, 0.6) is 0 Å². The van der Waals surface area contributed by atoms with Gasteiger partial charge in [0.25, 0.3) is 0 Å². The lowest BCUT2D eigenvalue weighted by molar-refractivity contribution is 0.0600. The number of methoxy groups -OCH3 is 1. The summed E-state index contributed by atoms with van der Waals surface area (Å²) in [5.41, 5.74) is 3.55. The largest absolute Gasteiger partial charge is 0.465 e. The van der Waals surface area contributed by atoms with Gasteiger partial charge in [-0.1, -0.05) is 15.9 Å². The number of rotatable bonds is 2. The highest BCUT2D eigenvalue weighted by molar-refractivity contribution is 9.10. The van der Waals surface area contributed by atoms with Gasteiger partial charge in [-0.3, -0.25) is 5.84 Å². The van der Waals surface area contributed by atoms with E-state index in [1.54, 1.807) is 18.2 Å². The van der Waals surface area contributed by atoms with E-state index in [0.717, 1.165) is 4.47 Å². The fraction of sp³-hybridized carbons (Fsp3) is 0.125.